The van der Waals surface area contributed by atoms with E-state index in [0.29, 0.717) is 48.2 Å². The summed E-state index contributed by atoms with van der Waals surface area (Å²) in [4.78, 5) is 180. The van der Waals surface area contributed by atoms with Crippen LogP contribution in [0.3, 0.4) is 0 Å². The number of nitro groups is 1. The van der Waals surface area contributed by atoms with Gasteiger partial charge in [-0.3, -0.25) is 43.7 Å². The molecule has 0 radical (unpaired) electrons. The van der Waals surface area contributed by atoms with Gasteiger partial charge in [-0.25, -0.2) is 28.8 Å². The second-order valence-electron chi connectivity index (χ2n) is 32.2. The number of amides is 9. The summed E-state index contributed by atoms with van der Waals surface area (Å²) >= 11 is 0. The highest BCUT2D eigenvalue weighted by molar-refractivity contribution is 6.31. The molecule has 1 saturated heterocycles. The molecule has 14 N–H and O–H groups in total. The maximum absolute atomic E-state index is 14.1. The lowest BCUT2D eigenvalue weighted by Crippen LogP contribution is -2.56. The Kier molecular flexibility index (Phi) is 39.0. The van der Waals surface area contributed by atoms with Crippen molar-refractivity contribution < 1.29 is 140 Å². The lowest BCUT2D eigenvalue weighted by Gasteiger charge is -2.42. The lowest BCUT2D eigenvalue weighted by atomic mass is 9.72. The molecule has 135 heavy (non-hydrogen) atoms. The van der Waals surface area contributed by atoms with Crippen LogP contribution in [0.25, 0.3) is 0 Å². The van der Waals surface area contributed by atoms with Crippen LogP contribution in [-0.2, 0) is 94.7 Å². The number of fused-ring (bicyclic) bond motifs is 3. The summed E-state index contributed by atoms with van der Waals surface area (Å²) < 4.78 is 53.6. The number of aliphatic hydroxyl groups excluding tert-OH is 2. The number of hydrogen-bond acceptors (Lipinski definition) is 30. The van der Waals surface area contributed by atoms with Crippen molar-refractivity contribution >= 4 is 94.7 Å². The number of ketones is 3. The number of alkyl carbamates (subject to hydrolysis) is 5. The topological polar surface area (TPSA) is 567 Å². The third-order valence-corrected chi connectivity index (χ3v) is 21.7. The molecule has 40 nitrogen and oxygen atoms in total. The molecule has 0 saturated carbocycles. The number of rotatable bonds is 42. The molecule has 7 aromatic rings. The van der Waals surface area contributed by atoms with Gasteiger partial charge in [-0.2, -0.15) is 0 Å². The van der Waals surface area contributed by atoms with E-state index in [-0.39, 0.29) is 117 Å². The Bertz CT molecular complexity index is 5360. The Morgan fingerprint density at radius 2 is 1.04 bits per heavy atom. The van der Waals surface area contributed by atoms with E-state index in [9.17, 15) is 98.0 Å². The number of methoxy groups -OCH3 is 1. The van der Waals surface area contributed by atoms with Crippen molar-refractivity contribution in [2.45, 2.75) is 179 Å². The van der Waals surface area contributed by atoms with Crippen LogP contribution in [0.1, 0.15) is 157 Å². The standard InChI is InChI=1S/C58H67N5O19.C37H43N5O11/c1-6-23-78-55(73)59-22-11-10-16-37(61-54(72)47(30(2)3)63-57(75)80-28-32-13-8-7-9-14-32)53(71)60-34-20-18-33(19-21-34)29-79-56(74)62-38-24-42(81-31(4)48(38)66)82-40-26-58(76,41(65)27-64)25-36-44(40)52(70)46-45(50(36)68)49(67)35-15-12-17-39(77-5)43(35)51(46)69;1-4-22-50-35(45)38-21-9-8-12-31(40-34(44)32(25(2)3)41-36(46)51-23-26-10-6-5-7-11-26)33(43)39-28-15-13-27(14-16-28)24-52-37(47)53-30-19-17-29(18-20-30)42(48)49/h6-9,12-15,17-21,30-31,37-38,40,42,47-48,64,66,68,70,76H,1,10-11,16,22-29H2,2-5H3,(H,59,73)(H,60,71)(H,61,72)(H,62,74)(H,63,75);4-7,10-11,13-20,25,31-32H,1,8-9,12,21-24H2,2-3H3,(H,38,45)(H,39,43)(H,40,44)(H,41,46)/t31?,37?,38?,40?,42?,47-,48?,58-;31?,32-/m00/s1. The number of non-ortho nitro benzene ring substituents is 1. The van der Waals surface area contributed by atoms with Gasteiger partial charge in [-0.15, -0.1) is 0 Å². The highest BCUT2D eigenvalue weighted by atomic mass is 16.7. The number of Topliss-reactive ketones (excluding diaryl/α,β-unsaturated/α-hetero) is 1. The first-order valence-corrected chi connectivity index (χ1v) is 43.3. The van der Waals surface area contributed by atoms with Gasteiger partial charge >= 0.3 is 36.6 Å². The van der Waals surface area contributed by atoms with Gasteiger partial charge in [-0.1, -0.05) is 150 Å². The summed E-state index contributed by atoms with van der Waals surface area (Å²) in [6.45, 7) is 14.4. The van der Waals surface area contributed by atoms with Gasteiger partial charge in [-0.05, 0) is 122 Å². The van der Waals surface area contributed by atoms with E-state index in [2.05, 4.69) is 61.0 Å². The summed E-state index contributed by atoms with van der Waals surface area (Å²) in [6, 6.07) is 34.5. The van der Waals surface area contributed by atoms with E-state index in [0.717, 1.165) is 11.1 Å². The molecule has 0 aromatic heterocycles. The largest absolute Gasteiger partial charge is 0.514 e. The van der Waals surface area contributed by atoms with E-state index in [1.807, 2.05) is 24.3 Å². The summed E-state index contributed by atoms with van der Waals surface area (Å²) in [5.41, 5.74) is -1.31. The third kappa shape index (κ3) is 30.1. The van der Waals surface area contributed by atoms with Gasteiger partial charge in [0.1, 0.15) is 105 Å². The smallest absolute Gasteiger partial charge is 0.507 e. The zero-order valence-electron chi connectivity index (χ0n) is 75.0. The number of carbonyl (C=O) groups is 13. The Labute approximate surface area is 776 Å². The van der Waals surface area contributed by atoms with Gasteiger partial charge in [0, 0.05) is 72.5 Å². The van der Waals surface area contributed by atoms with Gasteiger partial charge in [0.15, 0.2) is 17.9 Å². The van der Waals surface area contributed by atoms with Gasteiger partial charge in [0.2, 0.25) is 29.4 Å². The molecular formula is C95H110N10O30. The Morgan fingerprint density at radius 1 is 0.563 bits per heavy atom. The van der Waals surface area contributed by atoms with E-state index in [1.54, 1.807) is 100 Å². The number of nitrogens with zero attached hydrogens (tertiary/aromatic N) is 1. The number of nitrogens with one attached hydrogen (secondary N) is 9. The summed E-state index contributed by atoms with van der Waals surface area (Å²) in [5.74, 6) is -7.38. The van der Waals surface area contributed by atoms with Crippen LogP contribution in [0.15, 0.2) is 177 Å². The number of aromatic hydroxyl groups is 2. The Hall–Kier alpha value is -14.9. The Morgan fingerprint density at radius 3 is 1.50 bits per heavy atom. The quantitative estimate of drug-likeness (QED) is 0.00247. The van der Waals surface area contributed by atoms with Crippen molar-refractivity contribution in [1.29, 1.82) is 0 Å². The molecule has 1 fully saturated rings. The van der Waals surface area contributed by atoms with Crippen LogP contribution in [0, 0.1) is 22.0 Å². The van der Waals surface area contributed by atoms with Gasteiger partial charge in [0.25, 0.3) is 5.69 Å². The monoisotopic (exact) mass is 1870 g/mol. The highest BCUT2D eigenvalue weighted by Gasteiger charge is 2.51. The van der Waals surface area contributed by atoms with Crippen molar-refractivity contribution in [2.75, 3.05) is 50.7 Å². The number of carbonyl (C=O) groups excluding carboxylic acids is 13. The summed E-state index contributed by atoms with van der Waals surface area (Å²) in [6.07, 6.45) is -6.86. The number of aliphatic hydroxyl groups is 3. The van der Waals surface area contributed by atoms with Crippen molar-refractivity contribution in [2.24, 2.45) is 11.8 Å². The minimum absolute atomic E-state index is 0.0104. The number of nitro benzene ring substituents is 1. The number of anilines is 2. The van der Waals surface area contributed by atoms with Crippen molar-refractivity contribution in [3.05, 3.63) is 243 Å². The van der Waals surface area contributed by atoms with Crippen LogP contribution < -0.4 is 57.3 Å². The van der Waals surface area contributed by atoms with Crippen molar-refractivity contribution in [3.63, 3.8) is 0 Å². The molecule has 10 atom stereocenters. The molecule has 0 spiro atoms. The second kappa shape index (κ2) is 50.7. The zero-order chi connectivity index (χ0) is 98.0. The molecule has 2 aliphatic carbocycles. The highest BCUT2D eigenvalue weighted by Crippen LogP contribution is 2.53. The first-order valence-electron chi connectivity index (χ1n) is 43.3. The number of hydrogen-bond donors (Lipinski definition) is 14. The summed E-state index contributed by atoms with van der Waals surface area (Å²) in [5, 5.41) is 91.1. The number of benzene rings is 7. The molecule has 3 aliphatic rings. The molecule has 9 amide bonds. The predicted molar refractivity (Wildman–Crippen MR) is 482 cm³/mol. The van der Waals surface area contributed by atoms with Gasteiger partial charge < -0.3 is 121 Å². The number of phenolic OH excluding ortho intramolecular Hbond substituents is 2. The summed E-state index contributed by atoms with van der Waals surface area (Å²) in [7, 11) is 1.28. The van der Waals surface area contributed by atoms with Crippen LogP contribution in [0.5, 0.6) is 23.0 Å². The number of unbranched alkanes of at least 4 members (excludes halogenated alkanes) is 2. The molecule has 1 aliphatic heterocycles. The molecule has 7 aromatic carbocycles. The first kappa shape index (κ1) is 104. The molecule has 40 heteroatoms. The number of phenols is 2. The maximum atomic E-state index is 14.1. The molecule has 1 heterocycles. The zero-order valence-corrected chi connectivity index (χ0v) is 75.0. The van der Waals surface area contributed by atoms with Crippen LogP contribution in [-0.4, -0.2) is 202 Å². The SMILES string of the molecule is C=CCOC(=O)NCCCCC(NC(=O)[C@@H](NC(=O)OCc1ccccc1)C(C)C)C(=O)Nc1ccc(COC(=O)NC2CC(OC3C[C@](O)(C(=O)CO)Cc4c(O)c5c(c(O)c43)C(=O)c3c(OC)cccc3C5=O)OC(C)C2O)cc1.C=CCOC(=O)NCCCCC(NC(=O)[C@@H](NC(=O)OCc1ccccc1)C(C)C)C(=O)Nc1ccc(COC(=O)Oc2ccc([N+](=O)[O-])cc2)cc1. The van der Waals surface area contributed by atoms with Crippen LogP contribution in [0.2, 0.25) is 0 Å². The normalized spacial score (nSPS) is 17.0. The van der Waals surface area contributed by atoms with E-state index in [4.69, 9.17) is 47.4 Å². The van der Waals surface area contributed by atoms with Crippen LogP contribution >= 0.6 is 0 Å². The Balaban J connectivity index is 0.000000333. The number of ether oxygens (including phenoxy) is 10. The molecule has 10 rings (SSSR count). The van der Waals surface area contributed by atoms with E-state index in [1.165, 1.54) is 80.8 Å². The average molecular weight is 1870 g/mol. The van der Waals surface area contributed by atoms with E-state index >= 15 is 0 Å². The fourth-order valence-corrected chi connectivity index (χ4v) is 14.5. The minimum atomic E-state index is -2.42. The predicted octanol–water partition coefficient (Wildman–Crippen LogP) is 10.2. The third-order valence-electron chi connectivity index (χ3n) is 21.7. The molecule has 720 valence electrons. The van der Waals surface area contributed by atoms with Crippen molar-refractivity contribution in [3.8, 4) is 23.0 Å². The second-order valence-corrected chi connectivity index (χ2v) is 32.2. The molecule has 0 bridgehead atoms. The lowest BCUT2D eigenvalue weighted by molar-refractivity contribution is -0.384. The minimum Gasteiger partial charge on any atom is -0.507 e. The first-order chi connectivity index (χ1) is 64.6. The fourth-order valence-electron chi connectivity index (χ4n) is 14.5. The fraction of sp³-hybridized carbons (Fsp3) is 0.379. The molecular weight excluding hydrogens is 1760 g/mol. The van der Waals surface area contributed by atoms with Gasteiger partial charge in [0.05, 0.1) is 47.0 Å². The average Bonchev–Trinajstić information content (AvgIpc) is 0.708. The maximum Gasteiger partial charge on any atom is 0.514 e. The van der Waals surface area contributed by atoms with Crippen LogP contribution in [0.4, 0.5) is 45.8 Å². The van der Waals surface area contributed by atoms with E-state index < -0.39 is 191 Å². The molecule has 7 unspecified atom stereocenters. The van der Waals surface area contributed by atoms with Crippen molar-refractivity contribution in [1.82, 2.24) is 37.2 Å².